The predicted octanol–water partition coefficient (Wildman–Crippen LogP) is 0.847. The summed E-state index contributed by atoms with van der Waals surface area (Å²) >= 11 is 0. The maximum absolute atomic E-state index is 13.3. The molecule has 1 aliphatic rings. The number of benzene rings is 1. The molecule has 1 aliphatic carbocycles. The molecule has 5 nitrogen and oxygen atoms in total. The Balaban J connectivity index is 2.25. The smallest absolute Gasteiger partial charge is 0.242 e. The van der Waals surface area contributed by atoms with Crippen LogP contribution in [-0.4, -0.2) is 26.2 Å². The number of hydrogen-bond donors (Lipinski definition) is 3. The molecule has 2 atom stereocenters. The molecule has 0 aromatic heterocycles. The molecular weight excluding hydrogens is 271 g/mol. The van der Waals surface area contributed by atoms with Crippen LogP contribution in [0.5, 0.6) is 0 Å². The third kappa shape index (κ3) is 2.88. The van der Waals surface area contributed by atoms with Crippen molar-refractivity contribution in [1.29, 1.82) is 0 Å². The van der Waals surface area contributed by atoms with Crippen LogP contribution >= 0.6 is 0 Å². The van der Waals surface area contributed by atoms with Crippen molar-refractivity contribution in [2.75, 3.05) is 12.3 Å². The Bertz CT molecular complexity index is 562. The summed E-state index contributed by atoms with van der Waals surface area (Å²) in [6, 6.07) is 3.36. The largest absolute Gasteiger partial charge is 0.396 e. The molecule has 7 heteroatoms. The molecule has 1 aromatic carbocycles. The highest BCUT2D eigenvalue weighted by Crippen LogP contribution is 2.28. The molecule has 0 saturated heterocycles. The van der Waals surface area contributed by atoms with E-state index < -0.39 is 15.8 Å². The Morgan fingerprint density at radius 1 is 1.42 bits per heavy atom. The predicted molar refractivity (Wildman–Crippen MR) is 69.3 cm³/mol. The fraction of sp³-hybridized carbons (Fsp3) is 0.500. The van der Waals surface area contributed by atoms with E-state index in [-0.39, 0.29) is 29.1 Å². The Hall–Kier alpha value is -1.18. The highest BCUT2D eigenvalue weighted by Gasteiger charge is 2.31. The molecule has 4 N–H and O–H groups in total. The maximum Gasteiger partial charge on any atom is 0.242 e. The minimum absolute atomic E-state index is 0.0637. The molecule has 0 aliphatic heterocycles. The van der Waals surface area contributed by atoms with Gasteiger partial charge in [0.2, 0.25) is 10.0 Å². The molecule has 2 unspecified atom stereocenters. The topological polar surface area (TPSA) is 92.4 Å². The van der Waals surface area contributed by atoms with Crippen LogP contribution in [0.3, 0.4) is 0 Å². The van der Waals surface area contributed by atoms with Crippen molar-refractivity contribution in [3.05, 3.63) is 24.0 Å². The van der Waals surface area contributed by atoms with E-state index in [2.05, 4.69) is 4.72 Å². The van der Waals surface area contributed by atoms with Crippen LogP contribution in [0.25, 0.3) is 0 Å². The Morgan fingerprint density at radius 2 is 2.16 bits per heavy atom. The number of nitrogen functional groups attached to an aromatic ring is 1. The molecule has 1 fully saturated rings. The molecule has 0 heterocycles. The lowest BCUT2D eigenvalue weighted by atomic mass is 10.1. The average Bonchev–Trinajstić information content (AvgIpc) is 2.78. The van der Waals surface area contributed by atoms with Crippen LogP contribution in [0.15, 0.2) is 23.1 Å². The first-order valence-corrected chi connectivity index (χ1v) is 7.61. The average molecular weight is 288 g/mol. The van der Waals surface area contributed by atoms with Gasteiger partial charge in [0.15, 0.2) is 0 Å². The van der Waals surface area contributed by atoms with Gasteiger partial charge >= 0.3 is 0 Å². The quantitative estimate of drug-likeness (QED) is 0.716. The van der Waals surface area contributed by atoms with E-state index in [0.717, 1.165) is 18.9 Å². The molecule has 19 heavy (non-hydrogen) atoms. The number of aliphatic hydroxyl groups excluding tert-OH is 1. The van der Waals surface area contributed by atoms with Gasteiger partial charge < -0.3 is 10.8 Å². The number of halogens is 1. The molecule has 0 amide bonds. The van der Waals surface area contributed by atoms with Gasteiger partial charge in [-0.25, -0.2) is 17.5 Å². The molecule has 106 valence electrons. The summed E-state index contributed by atoms with van der Waals surface area (Å²) in [4.78, 5) is -0.254. The summed E-state index contributed by atoms with van der Waals surface area (Å²) in [5.41, 5.74) is 5.09. The van der Waals surface area contributed by atoms with Gasteiger partial charge in [0, 0.05) is 12.6 Å². The minimum Gasteiger partial charge on any atom is -0.396 e. The fourth-order valence-corrected chi connectivity index (χ4v) is 3.91. The number of nitrogens with two attached hydrogens (primary N) is 1. The molecular formula is C12H17FN2O3S. The zero-order valence-electron chi connectivity index (χ0n) is 10.3. The number of rotatable bonds is 4. The van der Waals surface area contributed by atoms with Crippen molar-refractivity contribution in [2.24, 2.45) is 5.92 Å². The van der Waals surface area contributed by atoms with Gasteiger partial charge in [-0.1, -0.05) is 12.5 Å². The Kier molecular flexibility index (Phi) is 4.07. The molecule has 1 aromatic rings. The first-order valence-electron chi connectivity index (χ1n) is 6.13. The van der Waals surface area contributed by atoms with Gasteiger partial charge in [0.1, 0.15) is 10.7 Å². The van der Waals surface area contributed by atoms with Gasteiger partial charge in [-0.15, -0.1) is 0 Å². The van der Waals surface area contributed by atoms with Crippen molar-refractivity contribution in [3.8, 4) is 0 Å². The number of para-hydroxylation sites is 1. The van der Waals surface area contributed by atoms with Gasteiger partial charge in [-0.2, -0.15) is 0 Å². The second-order valence-corrected chi connectivity index (χ2v) is 6.44. The molecule has 1 saturated carbocycles. The normalized spacial score (nSPS) is 23.7. The lowest BCUT2D eigenvalue weighted by molar-refractivity contribution is 0.213. The van der Waals surface area contributed by atoms with E-state index in [9.17, 15) is 17.9 Å². The van der Waals surface area contributed by atoms with Crippen molar-refractivity contribution in [3.63, 3.8) is 0 Å². The van der Waals surface area contributed by atoms with E-state index in [0.29, 0.717) is 6.42 Å². The second-order valence-electron chi connectivity index (χ2n) is 4.75. The van der Waals surface area contributed by atoms with Gasteiger partial charge in [0.25, 0.3) is 0 Å². The number of nitrogens with one attached hydrogen (secondary N) is 1. The van der Waals surface area contributed by atoms with Crippen LogP contribution < -0.4 is 10.5 Å². The fourth-order valence-electron chi connectivity index (χ4n) is 2.42. The summed E-state index contributed by atoms with van der Waals surface area (Å²) in [5.74, 6) is -0.849. The highest BCUT2D eigenvalue weighted by molar-refractivity contribution is 7.89. The van der Waals surface area contributed by atoms with Gasteiger partial charge in [0.05, 0.1) is 5.69 Å². The Labute approximate surface area is 111 Å². The maximum atomic E-state index is 13.3. The standard InChI is InChI=1S/C12H17FN2O3S/c13-9-4-2-6-11(12(9)14)19(17,18)15-10-5-1-3-8(10)7-16/h2,4,6,8,10,15-16H,1,3,5,7,14H2. The third-order valence-electron chi connectivity index (χ3n) is 3.50. The number of hydrogen-bond acceptors (Lipinski definition) is 4. The SMILES string of the molecule is Nc1c(F)cccc1S(=O)(=O)NC1CCCC1CO. The number of anilines is 1. The van der Waals surface area contributed by atoms with Gasteiger partial charge in [-0.05, 0) is 30.9 Å². The number of sulfonamides is 1. The lowest BCUT2D eigenvalue weighted by Crippen LogP contribution is -2.38. The molecule has 2 rings (SSSR count). The molecule has 0 spiro atoms. The van der Waals surface area contributed by atoms with Crippen LogP contribution in [0.1, 0.15) is 19.3 Å². The zero-order valence-corrected chi connectivity index (χ0v) is 11.2. The summed E-state index contributed by atoms with van der Waals surface area (Å²) in [6.07, 6.45) is 2.30. The van der Waals surface area contributed by atoms with Crippen molar-refractivity contribution < 1.29 is 17.9 Å². The first kappa shape index (κ1) is 14.2. The molecule has 0 radical (unpaired) electrons. The summed E-state index contributed by atoms with van der Waals surface area (Å²) in [7, 11) is -3.87. The van der Waals surface area contributed by atoms with E-state index in [1.165, 1.54) is 12.1 Å². The van der Waals surface area contributed by atoms with Crippen molar-refractivity contribution in [2.45, 2.75) is 30.2 Å². The molecule has 0 bridgehead atoms. The van der Waals surface area contributed by atoms with Crippen molar-refractivity contribution >= 4 is 15.7 Å². The van der Waals surface area contributed by atoms with E-state index >= 15 is 0 Å². The van der Waals surface area contributed by atoms with Crippen molar-refractivity contribution in [1.82, 2.24) is 4.72 Å². The summed E-state index contributed by atoms with van der Waals surface area (Å²) < 4.78 is 40.2. The third-order valence-corrected chi connectivity index (χ3v) is 5.05. The number of aliphatic hydroxyl groups is 1. The van der Waals surface area contributed by atoms with E-state index in [1.807, 2.05) is 0 Å². The minimum atomic E-state index is -3.87. The first-order chi connectivity index (χ1) is 8.95. The van der Waals surface area contributed by atoms with E-state index in [4.69, 9.17) is 5.73 Å². The summed E-state index contributed by atoms with van der Waals surface area (Å²) in [5, 5.41) is 9.18. The van der Waals surface area contributed by atoms with Crippen LogP contribution in [0, 0.1) is 11.7 Å². The van der Waals surface area contributed by atoms with Crippen LogP contribution in [-0.2, 0) is 10.0 Å². The van der Waals surface area contributed by atoms with E-state index in [1.54, 1.807) is 0 Å². The summed E-state index contributed by atoms with van der Waals surface area (Å²) in [6.45, 7) is -0.0637. The van der Waals surface area contributed by atoms with Gasteiger partial charge in [-0.3, -0.25) is 0 Å². The zero-order chi connectivity index (χ0) is 14.0. The second kappa shape index (κ2) is 5.44. The highest BCUT2D eigenvalue weighted by atomic mass is 32.2. The monoisotopic (exact) mass is 288 g/mol. The lowest BCUT2D eigenvalue weighted by Gasteiger charge is -2.19. The Morgan fingerprint density at radius 3 is 2.84 bits per heavy atom. The van der Waals surface area contributed by atoms with Crippen LogP contribution in [0.2, 0.25) is 0 Å². The van der Waals surface area contributed by atoms with Crippen LogP contribution in [0.4, 0.5) is 10.1 Å².